The minimum absolute atomic E-state index is 0. The van der Waals surface area contributed by atoms with Crippen LogP contribution in [-0.4, -0.2) is 28.2 Å². The van der Waals surface area contributed by atoms with Gasteiger partial charge in [0.2, 0.25) is 0 Å². The number of fused-ring (bicyclic) bond motifs is 3. The molecule has 0 aliphatic carbocycles. The molecule has 4 nitrogen and oxygen atoms in total. The topological polar surface area (TPSA) is 51.8 Å². The molecule has 47 heavy (non-hydrogen) atoms. The van der Waals surface area contributed by atoms with Crippen LogP contribution in [0.4, 0.5) is 0 Å². The average molecular weight is 863 g/mol. The van der Waals surface area contributed by atoms with Crippen LogP contribution in [0, 0.1) is 37.8 Å². The molecule has 6 rings (SSSR count). The normalized spacial score (nSPS) is 12.3. The van der Waals surface area contributed by atoms with Crippen molar-refractivity contribution in [3.8, 4) is 22.5 Å². The monoisotopic (exact) mass is 864 g/mol. The van der Waals surface area contributed by atoms with Gasteiger partial charge in [0.1, 0.15) is 5.58 Å². The molecule has 0 aliphatic rings. The molecule has 0 aliphatic heterocycles. The third-order valence-corrected chi connectivity index (χ3v) is 13.0. The summed E-state index contributed by atoms with van der Waals surface area (Å²) < 4.78 is 7.73. The second kappa shape index (κ2) is 15.4. The zero-order chi connectivity index (χ0) is 33.2. The predicted octanol–water partition coefficient (Wildman–Crippen LogP) is 10.5. The Balaban J connectivity index is 0.000000216. The van der Waals surface area contributed by atoms with Gasteiger partial charge in [-0.2, -0.15) is 0 Å². The van der Waals surface area contributed by atoms with Crippen molar-refractivity contribution in [3.05, 3.63) is 108 Å². The number of aromatic nitrogens is 3. The van der Waals surface area contributed by atoms with Crippen molar-refractivity contribution in [2.75, 3.05) is 0 Å². The molecule has 0 bridgehead atoms. The van der Waals surface area contributed by atoms with Gasteiger partial charge in [0.25, 0.3) is 0 Å². The zero-order valence-electron chi connectivity index (χ0n) is 29.5. The van der Waals surface area contributed by atoms with E-state index in [0.717, 1.165) is 62.3 Å². The van der Waals surface area contributed by atoms with Crippen LogP contribution in [0.1, 0.15) is 62.9 Å². The molecule has 4 aromatic heterocycles. The molecule has 0 fully saturated rings. The minimum Gasteiger partial charge on any atom is -0.499 e. The first-order valence-electron chi connectivity index (χ1n) is 16.5. The second-order valence-corrected chi connectivity index (χ2v) is 24.9. The summed E-state index contributed by atoms with van der Waals surface area (Å²) >= 11 is -1.86. The summed E-state index contributed by atoms with van der Waals surface area (Å²) in [5.41, 5.74) is 11.4. The van der Waals surface area contributed by atoms with Crippen LogP contribution < -0.4 is 4.40 Å². The number of pyridine rings is 3. The molecule has 6 aromatic rings. The van der Waals surface area contributed by atoms with Gasteiger partial charge < -0.3 is 9.40 Å². The molecule has 1 radical (unpaired) electrons. The third kappa shape index (κ3) is 8.49. The number of aryl methyl sites for hydroxylation is 2. The first-order valence-corrected chi connectivity index (χ1v) is 23.8. The van der Waals surface area contributed by atoms with Crippen LogP contribution in [0.5, 0.6) is 0 Å². The standard InChI is InChI=1S/C23H23N2O.C18H24GeN.Ir/c1-13(2)16(5)17-10-11-24-19(12-17)18-8-6-14(3)21-22-20(26-23(18)21)9-7-15(4)25-22;1-14(2)11-16-12-18(15-9-7-6-8-10-15)20-13-17(16)19(3,4)5;/h6-7,9-13,16H,1-5H3;6-9,12-14H,11H2,1-5H3;/q2*-1;. The van der Waals surface area contributed by atoms with Gasteiger partial charge in [-0.05, 0) is 48.0 Å². The largest absolute Gasteiger partial charge is 0.499 e. The smallest absolute Gasteiger partial charge is 0.139 e. The maximum Gasteiger partial charge on any atom is 0.139 e. The SMILES string of the molecule is CC(C)Cc1cc(-c2[c-]cccc2)nc[c]1[Ge]([CH3])([CH3])[CH3].Cc1ccc2oc3c(-c4cc(C(C)C(C)C)ccn4)[c-]cc(C)c3c2n1.[Ir]. The Morgan fingerprint density at radius 2 is 1.64 bits per heavy atom. The summed E-state index contributed by atoms with van der Waals surface area (Å²) in [5, 5.41) is 1.06. The molecule has 0 amide bonds. The molecule has 0 N–H and O–H groups in total. The van der Waals surface area contributed by atoms with Crippen LogP contribution >= 0.6 is 0 Å². The van der Waals surface area contributed by atoms with Gasteiger partial charge in [0.15, 0.2) is 0 Å². The van der Waals surface area contributed by atoms with E-state index in [1.807, 2.05) is 49.5 Å². The Bertz CT molecular complexity index is 1960. The van der Waals surface area contributed by atoms with Gasteiger partial charge in [-0.1, -0.05) is 44.9 Å². The molecule has 0 saturated heterocycles. The number of rotatable bonds is 7. The molecule has 247 valence electrons. The molecular formula is C41H47GeIrN3O-2. The molecular weight excluding hydrogens is 815 g/mol. The Kier molecular flexibility index (Phi) is 12.0. The zero-order valence-corrected chi connectivity index (χ0v) is 33.9. The van der Waals surface area contributed by atoms with E-state index in [1.54, 1.807) is 4.40 Å². The predicted molar refractivity (Wildman–Crippen MR) is 196 cm³/mol. The summed E-state index contributed by atoms with van der Waals surface area (Å²) in [7, 11) is 0. The van der Waals surface area contributed by atoms with Crippen molar-refractivity contribution in [2.24, 2.45) is 11.8 Å². The van der Waals surface area contributed by atoms with Gasteiger partial charge in [-0.15, -0.1) is 17.7 Å². The van der Waals surface area contributed by atoms with E-state index < -0.39 is 13.3 Å². The Hall–Kier alpha value is -3.12. The van der Waals surface area contributed by atoms with Crippen LogP contribution in [0.2, 0.25) is 17.3 Å². The maximum atomic E-state index is 6.19. The summed E-state index contributed by atoms with van der Waals surface area (Å²) in [6, 6.07) is 27.3. The number of hydrogen-bond donors (Lipinski definition) is 0. The van der Waals surface area contributed by atoms with E-state index in [4.69, 9.17) is 14.4 Å². The fourth-order valence-electron chi connectivity index (χ4n) is 5.86. The van der Waals surface area contributed by atoms with E-state index in [-0.39, 0.29) is 20.1 Å². The van der Waals surface area contributed by atoms with Crippen LogP contribution in [0.25, 0.3) is 44.6 Å². The van der Waals surface area contributed by atoms with Gasteiger partial charge in [-0.25, -0.2) is 0 Å². The summed E-state index contributed by atoms with van der Waals surface area (Å²) in [6.45, 7) is 15.4. The van der Waals surface area contributed by atoms with Crippen molar-refractivity contribution in [3.63, 3.8) is 0 Å². The molecule has 0 spiro atoms. The summed E-state index contributed by atoms with van der Waals surface area (Å²) in [4.78, 5) is 14.0. The Labute approximate surface area is 297 Å². The fraction of sp³-hybridized carbons (Fsp3) is 0.341. The van der Waals surface area contributed by atoms with Crippen molar-refractivity contribution in [1.82, 2.24) is 15.0 Å². The molecule has 0 saturated carbocycles. The summed E-state index contributed by atoms with van der Waals surface area (Å²) in [5.74, 6) is 9.04. The van der Waals surface area contributed by atoms with Crippen molar-refractivity contribution < 1.29 is 24.5 Å². The molecule has 4 heterocycles. The summed E-state index contributed by atoms with van der Waals surface area (Å²) in [6.07, 6.45) is 5.15. The van der Waals surface area contributed by atoms with E-state index in [0.29, 0.717) is 17.8 Å². The van der Waals surface area contributed by atoms with Crippen LogP contribution in [-0.2, 0) is 26.5 Å². The fourth-order valence-corrected chi connectivity index (χ4v) is 9.19. The van der Waals surface area contributed by atoms with E-state index in [1.165, 1.54) is 11.1 Å². The van der Waals surface area contributed by atoms with Crippen molar-refractivity contribution in [2.45, 2.75) is 78.1 Å². The van der Waals surface area contributed by atoms with Crippen molar-refractivity contribution in [1.29, 1.82) is 0 Å². The molecule has 2 aromatic carbocycles. The first-order chi connectivity index (χ1) is 21.8. The second-order valence-electron chi connectivity index (χ2n) is 14.3. The first kappa shape index (κ1) is 36.7. The number of furan rings is 1. The number of benzene rings is 2. The van der Waals surface area contributed by atoms with Crippen LogP contribution in [0.15, 0.2) is 77.5 Å². The van der Waals surface area contributed by atoms with Gasteiger partial charge in [0.05, 0.1) is 11.1 Å². The quantitative estimate of drug-likeness (QED) is 0.119. The van der Waals surface area contributed by atoms with Gasteiger partial charge >= 0.3 is 126 Å². The average Bonchev–Trinajstić information content (AvgIpc) is 3.40. The number of hydrogen-bond acceptors (Lipinski definition) is 4. The molecule has 6 heteroatoms. The Morgan fingerprint density at radius 1 is 0.872 bits per heavy atom. The van der Waals surface area contributed by atoms with Crippen molar-refractivity contribution >= 4 is 39.7 Å². The van der Waals surface area contributed by atoms with E-state index in [2.05, 4.69) is 106 Å². The van der Waals surface area contributed by atoms with Gasteiger partial charge in [-0.3, -0.25) is 4.98 Å². The molecule has 1 atom stereocenters. The van der Waals surface area contributed by atoms with Crippen LogP contribution in [0.3, 0.4) is 0 Å². The van der Waals surface area contributed by atoms with E-state index >= 15 is 0 Å². The Morgan fingerprint density at radius 3 is 2.30 bits per heavy atom. The van der Waals surface area contributed by atoms with E-state index in [9.17, 15) is 0 Å². The maximum absolute atomic E-state index is 6.19. The molecule has 1 unspecified atom stereocenters. The van der Waals surface area contributed by atoms with Gasteiger partial charge in [0, 0.05) is 32.0 Å². The number of nitrogens with zero attached hydrogens (tertiary/aromatic N) is 3. The third-order valence-electron chi connectivity index (χ3n) is 8.70. The minimum atomic E-state index is -1.86.